The normalized spacial score (nSPS) is 8.18. The van der Waals surface area contributed by atoms with E-state index < -0.39 is 12.6 Å². The monoisotopic (exact) mass is 330 g/mol. The molecule has 0 aliphatic carbocycles. The third-order valence-corrected chi connectivity index (χ3v) is 1.06. The predicted octanol–water partition coefficient (Wildman–Crippen LogP) is 1.82. The minimum Gasteiger partial charge on any atom is -0.367 e. The van der Waals surface area contributed by atoms with Crippen LogP contribution in [0, 0.1) is 0 Å². The lowest BCUT2D eigenvalue weighted by atomic mass is 10.6. The van der Waals surface area contributed by atoms with E-state index in [4.69, 9.17) is 20.4 Å². The zero-order chi connectivity index (χ0) is 19.7. The molecule has 0 saturated carbocycles. The zero-order valence-corrected chi connectivity index (χ0v) is 17.3. The van der Waals surface area contributed by atoms with Crippen LogP contribution in [0.2, 0.25) is 0 Å². The van der Waals surface area contributed by atoms with Crippen LogP contribution in [0.15, 0.2) is 0 Å². The molecule has 0 heterocycles. The van der Waals surface area contributed by atoms with Crippen LogP contribution in [0.25, 0.3) is 0 Å². The first kappa shape index (κ1) is 37.8. The average molecular weight is 331 g/mol. The Labute approximate surface area is 140 Å². The number of nitrogens with zero attached hydrogens (tertiary/aromatic N) is 2. The van der Waals surface area contributed by atoms with Crippen molar-refractivity contribution in [3.05, 3.63) is 0 Å². The molecule has 0 fully saturated rings. The van der Waals surface area contributed by atoms with Gasteiger partial charge in [-0.3, -0.25) is 0 Å². The summed E-state index contributed by atoms with van der Waals surface area (Å²) >= 11 is 0. The van der Waals surface area contributed by atoms with Gasteiger partial charge in [-0.1, -0.05) is 55.4 Å². The average Bonchev–Trinajstić information content (AvgIpc) is 2.45. The SMILES string of the molecule is CC.CC.CC.CC.CN(C)CC(O)O.CN(C)CC(O)O. The summed E-state index contributed by atoms with van der Waals surface area (Å²) in [5, 5.41) is 32.9. The molecular formula is C16H46N2O4. The van der Waals surface area contributed by atoms with E-state index >= 15 is 0 Å². The number of aliphatic hydroxyl groups excluding tert-OH is 2. The van der Waals surface area contributed by atoms with Gasteiger partial charge >= 0.3 is 0 Å². The van der Waals surface area contributed by atoms with Gasteiger partial charge in [0.1, 0.15) is 0 Å². The highest BCUT2D eigenvalue weighted by atomic mass is 16.5. The maximum atomic E-state index is 8.24. The van der Waals surface area contributed by atoms with E-state index in [0.717, 1.165) is 0 Å². The second-order valence-electron chi connectivity index (χ2n) is 3.49. The molecule has 0 radical (unpaired) electrons. The van der Waals surface area contributed by atoms with Gasteiger partial charge in [0.05, 0.1) is 0 Å². The zero-order valence-electron chi connectivity index (χ0n) is 17.3. The molecule has 144 valence electrons. The largest absolute Gasteiger partial charge is 0.367 e. The van der Waals surface area contributed by atoms with E-state index in [9.17, 15) is 0 Å². The third-order valence-electron chi connectivity index (χ3n) is 1.06. The highest BCUT2D eigenvalue weighted by molar-refractivity contribution is 4.41. The van der Waals surface area contributed by atoms with Crippen molar-refractivity contribution < 1.29 is 20.4 Å². The lowest BCUT2D eigenvalue weighted by molar-refractivity contribution is -0.0544. The summed E-state index contributed by atoms with van der Waals surface area (Å²) in [5.74, 6) is 0. The molecule has 0 aromatic rings. The molecular weight excluding hydrogens is 284 g/mol. The Balaban J connectivity index is -0.0000000400. The number of hydrogen-bond acceptors (Lipinski definition) is 6. The molecule has 0 rings (SSSR count). The van der Waals surface area contributed by atoms with E-state index in [1.165, 1.54) is 0 Å². The van der Waals surface area contributed by atoms with Crippen molar-refractivity contribution >= 4 is 0 Å². The first-order valence-electron chi connectivity index (χ1n) is 8.27. The summed E-state index contributed by atoms with van der Waals surface area (Å²) < 4.78 is 0. The molecule has 0 aromatic carbocycles. The molecule has 0 aromatic heterocycles. The number of aliphatic hydroxyl groups is 4. The molecule has 0 spiro atoms. The topological polar surface area (TPSA) is 87.4 Å². The standard InChI is InChI=1S/2C4H11NO2.4C2H6/c2*1-5(2)3-4(6)7;4*1-2/h2*4,6-7H,3H2,1-2H3;4*1-2H3. The first-order chi connectivity index (χ1) is 10.3. The van der Waals surface area contributed by atoms with Crippen LogP contribution >= 0.6 is 0 Å². The minimum absolute atomic E-state index is 0.306. The van der Waals surface area contributed by atoms with E-state index in [-0.39, 0.29) is 0 Å². The number of rotatable bonds is 4. The summed E-state index contributed by atoms with van der Waals surface area (Å²) in [6, 6.07) is 0. The van der Waals surface area contributed by atoms with Crippen molar-refractivity contribution in [1.29, 1.82) is 0 Å². The van der Waals surface area contributed by atoms with E-state index in [2.05, 4.69) is 0 Å². The molecule has 0 bridgehead atoms. The maximum Gasteiger partial charge on any atom is 0.164 e. The molecule has 0 amide bonds. The van der Waals surface area contributed by atoms with Crippen molar-refractivity contribution in [3.8, 4) is 0 Å². The van der Waals surface area contributed by atoms with Crippen molar-refractivity contribution in [2.45, 2.75) is 68.0 Å². The minimum atomic E-state index is -1.20. The smallest absolute Gasteiger partial charge is 0.164 e. The molecule has 0 unspecified atom stereocenters. The molecule has 22 heavy (non-hydrogen) atoms. The van der Waals surface area contributed by atoms with E-state index in [0.29, 0.717) is 13.1 Å². The molecule has 0 aliphatic heterocycles. The van der Waals surface area contributed by atoms with Gasteiger partial charge in [-0.05, 0) is 28.2 Å². The Kier molecular flexibility index (Phi) is 73.5. The van der Waals surface area contributed by atoms with Crippen LogP contribution in [0.5, 0.6) is 0 Å². The molecule has 4 N–H and O–H groups in total. The molecule has 0 atom stereocenters. The second kappa shape index (κ2) is 42.8. The summed E-state index contributed by atoms with van der Waals surface area (Å²) in [7, 11) is 7.11. The van der Waals surface area contributed by atoms with E-state index in [1.807, 2.05) is 55.4 Å². The van der Waals surface area contributed by atoms with Gasteiger partial charge in [0.25, 0.3) is 0 Å². The Morgan fingerprint density at radius 3 is 0.636 bits per heavy atom. The van der Waals surface area contributed by atoms with Crippen LogP contribution in [-0.2, 0) is 0 Å². The van der Waals surface area contributed by atoms with Gasteiger partial charge in [-0.2, -0.15) is 0 Å². The van der Waals surface area contributed by atoms with Gasteiger partial charge in [-0.15, -0.1) is 0 Å². The summed E-state index contributed by atoms with van der Waals surface area (Å²) in [5.41, 5.74) is 0. The summed E-state index contributed by atoms with van der Waals surface area (Å²) in [6.07, 6.45) is -2.40. The number of likely N-dealkylation sites (N-methyl/N-ethyl adjacent to an activating group) is 2. The molecule has 0 saturated heterocycles. The van der Waals surface area contributed by atoms with Crippen LogP contribution in [0.1, 0.15) is 55.4 Å². The fourth-order valence-electron chi connectivity index (χ4n) is 0.653. The molecule has 6 heteroatoms. The highest BCUT2D eigenvalue weighted by Crippen LogP contribution is 1.77. The Bertz CT molecular complexity index is 96.7. The van der Waals surface area contributed by atoms with Crippen LogP contribution in [0.3, 0.4) is 0 Å². The van der Waals surface area contributed by atoms with Gasteiger partial charge in [0.2, 0.25) is 0 Å². The first-order valence-corrected chi connectivity index (χ1v) is 8.27. The maximum absolute atomic E-state index is 8.24. The van der Waals surface area contributed by atoms with Crippen LogP contribution < -0.4 is 0 Å². The van der Waals surface area contributed by atoms with E-state index in [1.54, 1.807) is 38.0 Å². The number of hydrogen-bond donors (Lipinski definition) is 4. The lowest BCUT2D eigenvalue weighted by Crippen LogP contribution is -2.24. The summed E-state index contributed by atoms with van der Waals surface area (Å²) in [6.45, 7) is 16.6. The van der Waals surface area contributed by atoms with Gasteiger partial charge in [0, 0.05) is 13.1 Å². The second-order valence-corrected chi connectivity index (χ2v) is 3.49. The van der Waals surface area contributed by atoms with Crippen molar-refractivity contribution in [3.63, 3.8) is 0 Å². The summed E-state index contributed by atoms with van der Waals surface area (Å²) in [4.78, 5) is 3.40. The van der Waals surface area contributed by atoms with Crippen LogP contribution in [0.4, 0.5) is 0 Å². The Morgan fingerprint density at radius 1 is 0.500 bits per heavy atom. The highest BCUT2D eigenvalue weighted by Gasteiger charge is 1.96. The predicted molar refractivity (Wildman–Crippen MR) is 99.0 cm³/mol. The third kappa shape index (κ3) is 115. The lowest BCUT2D eigenvalue weighted by Gasteiger charge is -2.09. The van der Waals surface area contributed by atoms with Crippen molar-refractivity contribution in [2.24, 2.45) is 0 Å². The van der Waals surface area contributed by atoms with Gasteiger partial charge in [-0.25, -0.2) is 0 Å². The van der Waals surface area contributed by atoms with Gasteiger partial charge < -0.3 is 30.2 Å². The van der Waals surface area contributed by atoms with Crippen molar-refractivity contribution in [2.75, 3.05) is 41.3 Å². The Morgan fingerprint density at radius 2 is 0.636 bits per heavy atom. The fourth-order valence-corrected chi connectivity index (χ4v) is 0.653. The van der Waals surface area contributed by atoms with Gasteiger partial charge in [0.15, 0.2) is 12.6 Å². The quantitative estimate of drug-likeness (QED) is 0.588. The molecule has 6 nitrogen and oxygen atoms in total. The van der Waals surface area contributed by atoms with Crippen LogP contribution in [-0.4, -0.2) is 84.1 Å². The van der Waals surface area contributed by atoms with Crippen molar-refractivity contribution in [1.82, 2.24) is 9.80 Å². The Hall–Kier alpha value is -0.240. The molecule has 0 aliphatic rings. The fraction of sp³-hybridized carbons (Fsp3) is 1.00.